The number of hydrogen-bond donors (Lipinski definition) is 5. The summed E-state index contributed by atoms with van der Waals surface area (Å²) in [6.45, 7) is 5.42. The van der Waals surface area contributed by atoms with Crippen LogP contribution in [0, 0.1) is 19.8 Å². The molecule has 0 aromatic carbocycles. The first kappa shape index (κ1) is 23.4. The Morgan fingerprint density at radius 2 is 1.97 bits per heavy atom. The molecule has 1 fully saturated rings. The molecule has 3 aromatic rings. The molecule has 0 spiro atoms. The number of carbonyl (C=O) groups is 1. The number of hydrogen-bond acceptors (Lipinski definition) is 11. The lowest BCUT2D eigenvalue weighted by Gasteiger charge is -2.21. The van der Waals surface area contributed by atoms with Crippen molar-refractivity contribution < 1.29 is 20.1 Å². The van der Waals surface area contributed by atoms with Crippen LogP contribution in [0.3, 0.4) is 0 Å². The normalized spacial score (nSPS) is 22.6. The van der Waals surface area contributed by atoms with Gasteiger partial charge in [-0.2, -0.15) is 4.98 Å². The quantitative estimate of drug-likeness (QED) is 0.327. The van der Waals surface area contributed by atoms with Crippen LogP contribution in [-0.2, 0) is 4.79 Å². The number of Topliss-reactive ketones (excluding diaryl/α,β-unsaturated/α-hetero) is 1. The average Bonchev–Trinajstić information content (AvgIpc) is 3.34. The first-order chi connectivity index (χ1) is 15.8. The zero-order chi connectivity index (χ0) is 23.7. The molecule has 10 nitrogen and oxygen atoms in total. The van der Waals surface area contributed by atoms with Crippen molar-refractivity contribution >= 4 is 39.1 Å². The van der Waals surface area contributed by atoms with Crippen LogP contribution in [0.25, 0.3) is 20.8 Å². The van der Waals surface area contributed by atoms with E-state index < -0.39 is 24.2 Å². The summed E-state index contributed by atoms with van der Waals surface area (Å²) in [6.07, 6.45) is 0.426. The van der Waals surface area contributed by atoms with E-state index in [0.717, 1.165) is 15.9 Å². The van der Waals surface area contributed by atoms with E-state index in [2.05, 4.69) is 25.6 Å². The number of nitrogens with one attached hydrogen (secondary N) is 2. The Kier molecular flexibility index (Phi) is 6.84. The molecule has 1 saturated carbocycles. The number of aliphatic hydroxyl groups excluding tert-OH is 3. The Labute approximate surface area is 195 Å². The number of anilines is 2. The number of fused-ring (bicyclic) bond motifs is 1. The SMILES string of the molecule is CCC(=O)CNc1nc(C)c(-c2nc3c(C)nccc3s2)c(N[C@@H]2C[C@H](CO)[C@@H](O)[C@H]2O)n1. The molecule has 11 heteroatoms. The Morgan fingerprint density at radius 1 is 1.18 bits per heavy atom. The third kappa shape index (κ3) is 4.67. The van der Waals surface area contributed by atoms with E-state index in [1.165, 1.54) is 11.3 Å². The summed E-state index contributed by atoms with van der Waals surface area (Å²) in [5, 5.41) is 37.2. The Morgan fingerprint density at radius 3 is 2.64 bits per heavy atom. The number of pyridine rings is 1. The van der Waals surface area contributed by atoms with Crippen molar-refractivity contribution in [1.29, 1.82) is 0 Å². The topological polar surface area (TPSA) is 153 Å². The van der Waals surface area contributed by atoms with E-state index in [4.69, 9.17) is 4.98 Å². The minimum absolute atomic E-state index is 0.0316. The maximum absolute atomic E-state index is 11.8. The molecule has 0 bridgehead atoms. The van der Waals surface area contributed by atoms with Gasteiger partial charge in [0.25, 0.3) is 0 Å². The van der Waals surface area contributed by atoms with Gasteiger partial charge >= 0.3 is 0 Å². The second-order valence-corrected chi connectivity index (χ2v) is 9.31. The molecular formula is C22H28N6O4S. The number of aromatic nitrogens is 4. The van der Waals surface area contributed by atoms with Gasteiger partial charge in [0.15, 0.2) is 5.78 Å². The summed E-state index contributed by atoms with van der Waals surface area (Å²) in [6, 6.07) is 1.38. The molecule has 0 amide bonds. The summed E-state index contributed by atoms with van der Waals surface area (Å²) in [5.41, 5.74) is 2.95. The molecule has 0 unspecified atom stereocenters. The van der Waals surface area contributed by atoms with Gasteiger partial charge in [-0.25, -0.2) is 9.97 Å². The predicted octanol–water partition coefficient (Wildman–Crippen LogP) is 1.67. The number of rotatable bonds is 8. The second-order valence-electron chi connectivity index (χ2n) is 8.27. The molecule has 0 radical (unpaired) electrons. The van der Waals surface area contributed by atoms with Crippen molar-refractivity contribution in [1.82, 2.24) is 19.9 Å². The van der Waals surface area contributed by atoms with E-state index in [9.17, 15) is 20.1 Å². The number of aryl methyl sites for hydroxylation is 2. The molecule has 0 saturated heterocycles. The fraction of sp³-hybridized carbons (Fsp3) is 0.500. The number of ketones is 1. The lowest BCUT2D eigenvalue weighted by Crippen LogP contribution is -2.35. The van der Waals surface area contributed by atoms with Crippen LogP contribution >= 0.6 is 11.3 Å². The van der Waals surface area contributed by atoms with Crippen molar-refractivity contribution in [3.05, 3.63) is 23.7 Å². The number of thiazole rings is 1. The van der Waals surface area contributed by atoms with Crippen molar-refractivity contribution in [3.63, 3.8) is 0 Å². The van der Waals surface area contributed by atoms with Crippen LogP contribution in [0.2, 0.25) is 0 Å². The monoisotopic (exact) mass is 472 g/mol. The average molecular weight is 473 g/mol. The van der Waals surface area contributed by atoms with Gasteiger partial charge < -0.3 is 26.0 Å². The van der Waals surface area contributed by atoms with Gasteiger partial charge in [0.1, 0.15) is 22.4 Å². The highest BCUT2D eigenvalue weighted by molar-refractivity contribution is 7.21. The lowest BCUT2D eigenvalue weighted by atomic mass is 10.1. The predicted molar refractivity (Wildman–Crippen MR) is 126 cm³/mol. The van der Waals surface area contributed by atoms with Gasteiger partial charge in [-0.15, -0.1) is 11.3 Å². The first-order valence-electron chi connectivity index (χ1n) is 10.9. The van der Waals surface area contributed by atoms with Crippen molar-refractivity contribution in [3.8, 4) is 10.6 Å². The van der Waals surface area contributed by atoms with E-state index in [1.807, 2.05) is 19.9 Å². The zero-order valence-electron chi connectivity index (χ0n) is 18.7. The molecule has 176 valence electrons. The van der Waals surface area contributed by atoms with E-state index in [0.29, 0.717) is 34.9 Å². The fourth-order valence-electron chi connectivity index (χ4n) is 4.03. The molecule has 1 aliphatic carbocycles. The van der Waals surface area contributed by atoms with Crippen LogP contribution < -0.4 is 10.6 Å². The largest absolute Gasteiger partial charge is 0.396 e. The maximum atomic E-state index is 11.8. The summed E-state index contributed by atoms with van der Waals surface area (Å²) in [7, 11) is 0. The summed E-state index contributed by atoms with van der Waals surface area (Å²) >= 11 is 1.49. The highest BCUT2D eigenvalue weighted by atomic mass is 32.1. The fourth-order valence-corrected chi connectivity index (χ4v) is 5.14. The molecule has 0 aliphatic heterocycles. The summed E-state index contributed by atoms with van der Waals surface area (Å²) in [5.74, 6) is 0.323. The Balaban J connectivity index is 1.75. The highest BCUT2D eigenvalue weighted by Crippen LogP contribution is 2.38. The van der Waals surface area contributed by atoms with Crippen molar-refractivity contribution in [2.45, 2.75) is 51.9 Å². The van der Waals surface area contributed by atoms with Gasteiger partial charge in [-0.3, -0.25) is 9.78 Å². The van der Waals surface area contributed by atoms with Gasteiger partial charge in [-0.1, -0.05) is 6.92 Å². The van der Waals surface area contributed by atoms with E-state index in [-0.39, 0.29) is 24.9 Å². The third-order valence-corrected chi connectivity index (χ3v) is 7.03. The van der Waals surface area contributed by atoms with Gasteiger partial charge in [0, 0.05) is 25.1 Å². The van der Waals surface area contributed by atoms with Crippen LogP contribution in [-0.4, -0.2) is 72.4 Å². The molecule has 4 rings (SSSR count). The number of carbonyl (C=O) groups excluding carboxylic acids is 1. The molecule has 5 N–H and O–H groups in total. The standard InChI is InChI=1S/C22H28N6O4S/c1-4-13(30)8-24-22-25-10(2)16(21-27-17-11(3)23-6-5-15(17)33-21)20(28-22)26-14-7-12(9-29)18(31)19(14)32/h5-6,12,14,18-19,29,31-32H,4,7-9H2,1-3H3,(H2,24,25,26,28)/t12-,14-,18-,19+/m1/s1. The minimum Gasteiger partial charge on any atom is -0.396 e. The minimum atomic E-state index is -1.06. The highest BCUT2D eigenvalue weighted by Gasteiger charge is 2.41. The Hall–Kier alpha value is -2.73. The van der Waals surface area contributed by atoms with Crippen LogP contribution in [0.15, 0.2) is 12.3 Å². The van der Waals surface area contributed by atoms with Crippen molar-refractivity contribution in [2.75, 3.05) is 23.8 Å². The lowest BCUT2D eigenvalue weighted by molar-refractivity contribution is -0.117. The maximum Gasteiger partial charge on any atom is 0.225 e. The second kappa shape index (κ2) is 9.64. The van der Waals surface area contributed by atoms with Crippen LogP contribution in [0.5, 0.6) is 0 Å². The van der Waals surface area contributed by atoms with Crippen LogP contribution in [0.4, 0.5) is 11.8 Å². The molecule has 33 heavy (non-hydrogen) atoms. The van der Waals surface area contributed by atoms with Crippen LogP contribution in [0.1, 0.15) is 31.2 Å². The molecule has 4 atom stereocenters. The van der Waals surface area contributed by atoms with Crippen molar-refractivity contribution in [2.24, 2.45) is 5.92 Å². The first-order valence-corrected chi connectivity index (χ1v) is 11.7. The molecule has 3 heterocycles. The third-order valence-electron chi connectivity index (χ3n) is 5.99. The summed E-state index contributed by atoms with van der Waals surface area (Å²) in [4.78, 5) is 30.0. The Bertz CT molecular complexity index is 1170. The molecule has 3 aromatic heterocycles. The van der Waals surface area contributed by atoms with E-state index >= 15 is 0 Å². The smallest absolute Gasteiger partial charge is 0.225 e. The number of nitrogens with zero attached hydrogens (tertiary/aromatic N) is 4. The van der Waals surface area contributed by atoms with Gasteiger partial charge in [0.05, 0.1) is 40.3 Å². The molecular weight excluding hydrogens is 444 g/mol. The van der Waals surface area contributed by atoms with E-state index in [1.54, 1.807) is 13.1 Å². The number of aliphatic hydroxyl groups is 3. The van der Waals surface area contributed by atoms with Gasteiger partial charge in [-0.05, 0) is 26.3 Å². The molecule has 1 aliphatic rings. The van der Waals surface area contributed by atoms with Gasteiger partial charge in [0.2, 0.25) is 5.95 Å². The summed E-state index contributed by atoms with van der Waals surface area (Å²) < 4.78 is 0.982. The zero-order valence-corrected chi connectivity index (χ0v) is 19.6.